The van der Waals surface area contributed by atoms with Gasteiger partial charge in [-0.2, -0.15) is 0 Å². The van der Waals surface area contributed by atoms with E-state index in [9.17, 15) is 19.2 Å². The first-order valence-electron chi connectivity index (χ1n) is 9.01. The van der Waals surface area contributed by atoms with Crippen molar-refractivity contribution in [3.05, 3.63) is 29.3 Å². The molecule has 2 heterocycles. The van der Waals surface area contributed by atoms with Crippen molar-refractivity contribution in [2.24, 2.45) is 0 Å². The van der Waals surface area contributed by atoms with Crippen LogP contribution in [-0.4, -0.2) is 34.6 Å². The average Bonchev–Trinajstić information content (AvgIpc) is 2.96. The van der Waals surface area contributed by atoms with Gasteiger partial charge >= 0.3 is 0 Å². The molecule has 0 radical (unpaired) electrons. The van der Waals surface area contributed by atoms with Crippen molar-refractivity contribution >= 4 is 29.3 Å². The summed E-state index contributed by atoms with van der Waals surface area (Å²) >= 11 is 0. The fourth-order valence-electron chi connectivity index (χ4n) is 2.89. The van der Waals surface area contributed by atoms with Gasteiger partial charge in [-0.25, -0.2) is 0 Å². The van der Waals surface area contributed by atoms with Gasteiger partial charge in [-0.15, -0.1) is 0 Å². The zero-order chi connectivity index (χ0) is 19.9. The van der Waals surface area contributed by atoms with Crippen LogP contribution in [0.1, 0.15) is 63.4 Å². The van der Waals surface area contributed by atoms with E-state index in [4.69, 9.17) is 0 Å². The summed E-state index contributed by atoms with van der Waals surface area (Å²) in [5.41, 5.74) is 1.76. The normalized spacial score (nSPS) is 18.0. The minimum atomic E-state index is -0.650. The molecule has 26 heavy (non-hydrogen) atoms. The molecule has 7 nitrogen and oxygen atoms in total. The van der Waals surface area contributed by atoms with E-state index in [1.165, 1.54) is 11.8 Å². The fourth-order valence-corrected chi connectivity index (χ4v) is 2.89. The van der Waals surface area contributed by atoms with E-state index in [-0.39, 0.29) is 30.7 Å². The maximum atomic E-state index is 12.5. The van der Waals surface area contributed by atoms with Gasteiger partial charge in [0.15, 0.2) is 0 Å². The lowest BCUT2D eigenvalue weighted by atomic mass is 10.0. The number of fused-ring (bicyclic) bond motifs is 1. The maximum absolute atomic E-state index is 12.5. The molecule has 1 unspecified atom stereocenters. The quantitative estimate of drug-likeness (QED) is 0.791. The minimum Gasteiger partial charge on any atom is -0.326 e. The van der Waals surface area contributed by atoms with Crippen LogP contribution in [0.2, 0.25) is 0 Å². The number of rotatable bonds is 2. The molecule has 0 bridgehead atoms. The van der Waals surface area contributed by atoms with Gasteiger partial charge < -0.3 is 10.2 Å². The predicted octanol–water partition coefficient (Wildman–Crippen LogP) is 2.46. The van der Waals surface area contributed by atoms with Crippen LogP contribution < -0.4 is 10.6 Å². The summed E-state index contributed by atoms with van der Waals surface area (Å²) in [6.07, 6.45) is 0.537. The van der Waals surface area contributed by atoms with Gasteiger partial charge in [0.2, 0.25) is 17.7 Å². The van der Waals surface area contributed by atoms with Crippen molar-refractivity contribution in [3.63, 3.8) is 0 Å². The summed E-state index contributed by atoms with van der Waals surface area (Å²) in [6.45, 7) is 9.64. The summed E-state index contributed by atoms with van der Waals surface area (Å²) in [7, 11) is 0. The number of benzene rings is 1. The van der Waals surface area contributed by atoms with E-state index in [2.05, 4.69) is 10.6 Å². The zero-order valence-corrected chi connectivity index (χ0v) is 16.0. The van der Waals surface area contributed by atoms with Crippen molar-refractivity contribution < 1.29 is 19.2 Å². The fraction of sp³-hybridized carbons (Fsp3) is 0.474. The second-order valence-corrected chi connectivity index (χ2v) is 5.41. The largest absolute Gasteiger partial charge is 0.326 e. The highest BCUT2D eigenvalue weighted by molar-refractivity contribution is 6.06. The lowest BCUT2D eigenvalue weighted by molar-refractivity contribution is -0.137. The molecule has 1 aromatic rings. The summed E-state index contributed by atoms with van der Waals surface area (Å²) in [6, 6.07) is 4.44. The number of carbonyl (C=O) groups is 4. The lowest BCUT2D eigenvalue weighted by Crippen LogP contribution is -2.52. The second kappa shape index (κ2) is 9.70. The van der Waals surface area contributed by atoms with E-state index < -0.39 is 11.9 Å². The molecule has 7 heteroatoms. The molecular formula is C19H27N3O4. The number of piperidine rings is 1. The molecule has 1 atom stereocenters. The molecule has 2 N–H and O–H groups in total. The SMILES string of the molecule is CC.CC.CC(=O)Nc1cccc2c1CN(C1CCC(=O)NC1=O)C2=O. The Morgan fingerprint density at radius 3 is 2.38 bits per heavy atom. The van der Waals surface area contributed by atoms with Crippen LogP contribution in [0.15, 0.2) is 18.2 Å². The highest BCUT2D eigenvalue weighted by Crippen LogP contribution is 2.32. The predicted molar refractivity (Wildman–Crippen MR) is 99.5 cm³/mol. The van der Waals surface area contributed by atoms with Gasteiger partial charge in [0, 0.05) is 36.7 Å². The van der Waals surface area contributed by atoms with E-state index in [1.807, 2.05) is 27.7 Å². The summed E-state index contributed by atoms with van der Waals surface area (Å²) in [5, 5.41) is 4.95. The molecule has 1 saturated heterocycles. The Balaban J connectivity index is 0.000000791. The third-order valence-electron chi connectivity index (χ3n) is 3.89. The van der Waals surface area contributed by atoms with Crippen LogP contribution in [0.25, 0.3) is 0 Å². The number of carbonyl (C=O) groups excluding carboxylic acids is 4. The van der Waals surface area contributed by atoms with Crippen LogP contribution in [0.5, 0.6) is 0 Å². The minimum absolute atomic E-state index is 0.217. The van der Waals surface area contributed by atoms with Crippen LogP contribution in [0.4, 0.5) is 5.69 Å². The highest BCUT2D eigenvalue weighted by Gasteiger charge is 2.39. The van der Waals surface area contributed by atoms with Gasteiger partial charge in [-0.05, 0) is 18.6 Å². The molecule has 0 spiro atoms. The topological polar surface area (TPSA) is 95.6 Å². The number of nitrogens with one attached hydrogen (secondary N) is 2. The monoisotopic (exact) mass is 361 g/mol. The molecule has 0 aliphatic carbocycles. The van der Waals surface area contributed by atoms with Crippen LogP contribution >= 0.6 is 0 Å². The molecular weight excluding hydrogens is 334 g/mol. The number of anilines is 1. The van der Waals surface area contributed by atoms with Gasteiger partial charge in [-0.1, -0.05) is 33.8 Å². The van der Waals surface area contributed by atoms with Crippen molar-refractivity contribution in [1.82, 2.24) is 10.2 Å². The molecule has 142 valence electrons. The maximum Gasteiger partial charge on any atom is 0.255 e. The van der Waals surface area contributed by atoms with Crippen LogP contribution in [0.3, 0.4) is 0 Å². The molecule has 3 rings (SSSR count). The Bertz CT molecular complexity index is 700. The van der Waals surface area contributed by atoms with E-state index in [0.29, 0.717) is 23.2 Å². The Morgan fingerprint density at radius 2 is 1.81 bits per heavy atom. The smallest absolute Gasteiger partial charge is 0.255 e. The second-order valence-electron chi connectivity index (χ2n) is 5.41. The van der Waals surface area contributed by atoms with Gasteiger partial charge in [0.1, 0.15) is 6.04 Å². The zero-order valence-electron chi connectivity index (χ0n) is 16.0. The molecule has 2 aliphatic rings. The highest BCUT2D eigenvalue weighted by atomic mass is 16.2. The number of hydrogen-bond donors (Lipinski definition) is 2. The molecule has 1 fully saturated rings. The number of hydrogen-bond acceptors (Lipinski definition) is 4. The number of nitrogens with zero attached hydrogens (tertiary/aromatic N) is 1. The van der Waals surface area contributed by atoms with Gasteiger partial charge in [-0.3, -0.25) is 24.5 Å². The van der Waals surface area contributed by atoms with Crippen LogP contribution in [-0.2, 0) is 20.9 Å². The summed E-state index contributed by atoms with van der Waals surface area (Å²) < 4.78 is 0. The Kier molecular flexibility index (Phi) is 7.96. The van der Waals surface area contributed by atoms with Crippen molar-refractivity contribution in [1.29, 1.82) is 0 Å². The summed E-state index contributed by atoms with van der Waals surface area (Å²) in [5.74, 6) is -1.24. The average molecular weight is 361 g/mol. The Morgan fingerprint density at radius 1 is 1.15 bits per heavy atom. The lowest BCUT2D eigenvalue weighted by Gasteiger charge is -2.29. The van der Waals surface area contributed by atoms with Crippen LogP contribution in [0, 0.1) is 0 Å². The van der Waals surface area contributed by atoms with Crippen molar-refractivity contribution in [2.75, 3.05) is 5.32 Å². The molecule has 0 aromatic heterocycles. The first-order valence-corrected chi connectivity index (χ1v) is 9.01. The van der Waals surface area contributed by atoms with Gasteiger partial charge in [0.05, 0.1) is 0 Å². The first-order chi connectivity index (χ1) is 12.5. The molecule has 1 aromatic carbocycles. The molecule has 4 amide bonds. The van der Waals surface area contributed by atoms with Gasteiger partial charge in [0.25, 0.3) is 5.91 Å². The van der Waals surface area contributed by atoms with E-state index in [1.54, 1.807) is 18.2 Å². The van der Waals surface area contributed by atoms with E-state index >= 15 is 0 Å². The van der Waals surface area contributed by atoms with Crippen molar-refractivity contribution in [2.45, 2.75) is 60.0 Å². The standard InChI is InChI=1S/C15H15N3O4.2C2H6/c1-8(19)16-11-4-2-3-9-10(11)7-18(15(9)22)12-5-6-13(20)17-14(12)21;2*1-2/h2-4,12H,5-7H2,1H3,(H,16,19)(H,17,20,21);2*1-2H3. The van der Waals surface area contributed by atoms with Crippen molar-refractivity contribution in [3.8, 4) is 0 Å². The molecule has 2 aliphatic heterocycles. The third kappa shape index (κ3) is 4.47. The Labute approximate surface area is 154 Å². The summed E-state index contributed by atoms with van der Waals surface area (Å²) in [4.78, 5) is 48.4. The van der Waals surface area contributed by atoms with E-state index in [0.717, 1.165) is 0 Å². The number of amides is 4. The number of imide groups is 1. The Hall–Kier alpha value is -2.70. The third-order valence-corrected chi connectivity index (χ3v) is 3.89. The molecule has 0 saturated carbocycles. The first kappa shape index (κ1) is 21.3.